The molecule has 1 aliphatic carbocycles. The first-order valence-electron chi connectivity index (χ1n) is 17.4. The second kappa shape index (κ2) is 10.7. The second-order valence-electron chi connectivity index (χ2n) is 14.6. The third kappa shape index (κ3) is 4.47. The van der Waals surface area contributed by atoms with Crippen LogP contribution in [0.5, 0.6) is 0 Å². The fourth-order valence-corrected chi connectivity index (χ4v) is 8.22. The number of nitrogens with zero attached hydrogens (tertiary/aromatic N) is 2. The fraction of sp³-hybridized carbons (Fsp3) is 0.149. The molecule has 49 heavy (non-hydrogen) atoms. The van der Waals surface area contributed by atoms with E-state index in [1.165, 1.54) is 88.5 Å². The maximum absolute atomic E-state index is 2.48. The molecule has 8 aromatic rings. The molecule has 0 N–H and O–H groups in total. The number of hydrogen-bond acceptors (Lipinski definition) is 1. The van der Waals surface area contributed by atoms with E-state index in [4.69, 9.17) is 0 Å². The van der Waals surface area contributed by atoms with Gasteiger partial charge < -0.3 is 9.47 Å². The molecule has 0 saturated heterocycles. The van der Waals surface area contributed by atoms with E-state index in [0.29, 0.717) is 0 Å². The van der Waals surface area contributed by atoms with Gasteiger partial charge in [-0.2, -0.15) is 0 Å². The Bertz CT molecular complexity index is 2490. The average Bonchev–Trinajstić information content (AvgIpc) is 3.53. The Morgan fingerprint density at radius 3 is 1.57 bits per heavy atom. The van der Waals surface area contributed by atoms with Gasteiger partial charge in [0, 0.05) is 38.6 Å². The summed E-state index contributed by atoms with van der Waals surface area (Å²) in [4.78, 5) is 2.44. The van der Waals surface area contributed by atoms with E-state index in [-0.39, 0.29) is 5.41 Å². The molecule has 0 unspecified atom stereocenters. The molecule has 0 aliphatic heterocycles. The van der Waals surface area contributed by atoms with Crippen LogP contribution in [0.4, 0.5) is 17.1 Å². The zero-order valence-electron chi connectivity index (χ0n) is 29.1. The van der Waals surface area contributed by atoms with Crippen molar-refractivity contribution in [2.75, 3.05) is 4.90 Å². The molecule has 0 atom stereocenters. The number of benzene rings is 7. The third-order valence-electron chi connectivity index (χ3n) is 10.8. The molecule has 238 valence electrons. The van der Waals surface area contributed by atoms with E-state index >= 15 is 0 Å². The molecule has 2 heteroatoms. The fourth-order valence-electron chi connectivity index (χ4n) is 8.22. The van der Waals surface area contributed by atoms with Gasteiger partial charge in [-0.05, 0) is 122 Å². The highest BCUT2D eigenvalue weighted by Crippen LogP contribution is 2.55. The molecule has 7 aromatic carbocycles. The summed E-state index contributed by atoms with van der Waals surface area (Å²) in [6.45, 7) is 13.5. The minimum absolute atomic E-state index is 0.211. The summed E-state index contributed by atoms with van der Waals surface area (Å²) in [7, 11) is 0. The molecule has 2 nitrogen and oxygen atoms in total. The highest BCUT2D eigenvalue weighted by Gasteiger charge is 2.38. The van der Waals surface area contributed by atoms with E-state index in [1.807, 2.05) is 0 Å². The second-order valence-corrected chi connectivity index (χ2v) is 14.6. The van der Waals surface area contributed by atoms with Crippen molar-refractivity contribution in [1.29, 1.82) is 0 Å². The number of aryl methyl sites for hydroxylation is 4. The SMILES string of the molecule is Cc1ccc(N(c2ccc(C)cc2)c2cc3c(c4ccccc24)-c2ccc(-n4c5ccc(C)cc5c5cc(C)ccc54)cc2C3(C)C)cc1. The minimum atomic E-state index is -0.211. The summed E-state index contributed by atoms with van der Waals surface area (Å²) >= 11 is 0. The first kappa shape index (κ1) is 29.5. The summed E-state index contributed by atoms with van der Waals surface area (Å²) < 4.78 is 2.46. The highest BCUT2D eigenvalue weighted by molar-refractivity contribution is 6.11. The van der Waals surface area contributed by atoms with Crippen LogP contribution in [0.25, 0.3) is 49.4 Å². The van der Waals surface area contributed by atoms with E-state index in [1.54, 1.807) is 0 Å². The quantitative estimate of drug-likeness (QED) is 0.187. The Kier molecular flexibility index (Phi) is 6.45. The zero-order chi connectivity index (χ0) is 33.6. The Hall–Kier alpha value is -5.60. The summed E-state index contributed by atoms with van der Waals surface area (Å²) in [5.74, 6) is 0. The van der Waals surface area contributed by atoms with Crippen molar-refractivity contribution in [1.82, 2.24) is 4.57 Å². The molecule has 1 aliphatic rings. The molecular weight excluding hydrogens is 593 g/mol. The van der Waals surface area contributed by atoms with Gasteiger partial charge in [0.25, 0.3) is 0 Å². The molecular formula is C47H40N2. The van der Waals surface area contributed by atoms with Crippen molar-refractivity contribution in [2.24, 2.45) is 0 Å². The topological polar surface area (TPSA) is 8.17 Å². The van der Waals surface area contributed by atoms with Crippen LogP contribution in [0.2, 0.25) is 0 Å². The lowest BCUT2D eigenvalue weighted by atomic mass is 9.81. The van der Waals surface area contributed by atoms with Crippen LogP contribution in [-0.4, -0.2) is 4.57 Å². The van der Waals surface area contributed by atoms with Crippen LogP contribution in [0, 0.1) is 27.7 Å². The van der Waals surface area contributed by atoms with Gasteiger partial charge in [0.1, 0.15) is 0 Å². The first-order chi connectivity index (χ1) is 23.7. The Morgan fingerprint density at radius 2 is 1.00 bits per heavy atom. The third-order valence-corrected chi connectivity index (χ3v) is 10.8. The van der Waals surface area contributed by atoms with Gasteiger partial charge in [0.05, 0.1) is 16.7 Å². The van der Waals surface area contributed by atoms with Crippen molar-refractivity contribution in [3.05, 3.63) is 167 Å². The van der Waals surface area contributed by atoms with Crippen LogP contribution < -0.4 is 4.90 Å². The van der Waals surface area contributed by atoms with Gasteiger partial charge in [0.2, 0.25) is 0 Å². The maximum atomic E-state index is 2.48. The van der Waals surface area contributed by atoms with Gasteiger partial charge >= 0.3 is 0 Å². The smallest absolute Gasteiger partial charge is 0.0543 e. The summed E-state index contributed by atoms with van der Waals surface area (Å²) in [6.07, 6.45) is 0. The van der Waals surface area contributed by atoms with Crippen molar-refractivity contribution < 1.29 is 0 Å². The number of aromatic nitrogens is 1. The zero-order valence-corrected chi connectivity index (χ0v) is 29.1. The van der Waals surface area contributed by atoms with Crippen molar-refractivity contribution in [3.8, 4) is 16.8 Å². The maximum Gasteiger partial charge on any atom is 0.0543 e. The molecule has 0 saturated carbocycles. The van der Waals surface area contributed by atoms with E-state index in [0.717, 1.165) is 11.4 Å². The first-order valence-corrected chi connectivity index (χ1v) is 17.4. The molecule has 0 fully saturated rings. The van der Waals surface area contributed by atoms with Gasteiger partial charge in [-0.3, -0.25) is 0 Å². The molecule has 1 heterocycles. The predicted molar refractivity (Wildman–Crippen MR) is 209 cm³/mol. The summed E-state index contributed by atoms with van der Waals surface area (Å²) in [5.41, 5.74) is 17.5. The number of hydrogen-bond donors (Lipinski definition) is 0. The van der Waals surface area contributed by atoms with Crippen molar-refractivity contribution >= 4 is 49.6 Å². The van der Waals surface area contributed by atoms with E-state index in [9.17, 15) is 0 Å². The van der Waals surface area contributed by atoms with Gasteiger partial charge in [-0.1, -0.05) is 103 Å². The monoisotopic (exact) mass is 632 g/mol. The lowest BCUT2D eigenvalue weighted by Gasteiger charge is -2.30. The standard InChI is InChI=1S/C47H40N2/c1-29-11-17-33(18-12-29)48(34-19-13-30(2)14-20-34)45-28-42-46(37-10-8-7-9-36(37)45)38-22-21-35(27-41(38)47(42,5)6)49-43-23-15-31(3)25-39(43)40-26-32(4)16-24-44(40)49/h7-28H,1-6H3. The molecule has 0 bridgehead atoms. The number of fused-ring (bicyclic) bond motifs is 8. The van der Waals surface area contributed by atoms with E-state index < -0.39 is 0 Å². The van der Waals surface area contributed by atoms with Crippen molar-refractivity contribution in [2.45, 2.75) is 47.0 Å². The van der Waals surface area contributed by atoms with Crippen molar-refractivity contribution in [3.63, 3.8) is 0 Å². The van der Waals surface area contributed by atoms with Crippen LogP contribution in [0.3, 0.4) is 0 Å². The normalized spacial score (nSPS) is 13.3. The summed E-state index contributed by atoms with van der Waals surface area (Å²) in [5, 5.41) is 5.17. The molecule has 9 rings (SSSR count). The van der Waals surface area contributed by atoms with Crippen LogP contribution in [-0.2, 0) is 5.41 Å². The lowest BCUT2D eigenvalue weighted by molar-refractivity contribution is 0.660. The van der Waals surface area contributed by atoms with Gasteiger partial charge in [-0.25, -0.2) is 0 Å². The molecule has 0 amide bonds. The molecule has 0 radical (unpaired) electrons. The largest absolute Gasteiger partial charge is 0.310 e. The van der Waals surface area contributed by atoms with Crippen LogP contribution in [0.1, 0.15) is 47.2 Å². The Morgan fingerprint density at radius 1 is 0.469 bits per heavy atom. The number of anilines is 3. The lowest BCUT2D eigenvalue weighted by Crippen LogP contribution is -2.17. The number of rotatable bonds is 4. The molecule has 1 aromatic heterocycles. The summed E-state index contributed by atoms with van der Waals surface area (Å²) in [6, 6.07) is 50.2. The minimum Gasteiger partial charge on any atom is -0.310 e. The predicted octanol–water partition coefficient (Wildman–Crippen LogP) is 12.9. The highest BCUT2D eigenvalue weighted by atomic mass is 15.1. The van der Waals surface area contributed by atoms with Gasteiger partial charge in [0.15, 0.2) is 0 Å². The average molecular weight is 633 g/mol. The van der Waals surface area contributed by atoms with E-state index in [2.05, 4.69) is 184 Å². The Balaban J connectivity index is 1.28. The van der Waals surface area contributed by atoms with Gasteiger partial charge in [-0.15, -0.1) is 0 Å². The molecule has 0 spiro atoms. The van der Waals surface area contributed by atoms with Crippen LogP contribution >= 0.6 is 0 Å². The Labute approximate surface area is 288 Å². The van der Waals surface area contributed by atoms with Crippen LogP contribution in [0.15, 0.2) is 133 Å².